The van der Waals surface area contributed by atoms with Crippen molar-refractivity contribution in [3.8, 4) is 0 Å². The minimum absolute atomic E-state index is 0.314. The van der Waals surface area contributed by atoms with Gasteiger partial charge in [0.2, 0.25) is 5.28 Å². The Bertz CT molecular complexity index is 360. The van der Waals surface area contributed by atoms with E-state index in [1.807, 2.05) is 12.1 Å². The lowest BCUT2D eigenvalue weighted by molar-refractivity contribution is 0.952. The fourth-order valence-electron chi connectivity index (χ4n) is 0.894. The van der Waals surface area contributed by atoms with Gasteiger partial charge in [0.1, 0.15) is 0 Å². The van der Waals surface area contributed by atoms with Crippen LogP contribution in [0, 0.1) is 0 Å². The summed E-state index contributed by atoms with van der Waals surface area (Å²) in [5.74, 6) is 0. The quantitative estimate of drug-likeness (QED) is 0.633. The minimum atomic E-state index is 0.314. The molecule has 0 aromatic carbocycles. The van der Waals surface area contributed by atoms with Gasteiger partial charge >= 0.3 is 0 Å². The summed E-state index contributed by atoms with van der Waals surface area (Å²) in [6, 6.07) is 3.65. The van der Waals surface area contributed by atoms with E-state index in [1.54, 1.807) is 10.6 Å². The van der Waals surface area contributed by atoms with Crippen molar-refractivity contribution < 1.29 is 0 Å². The highest BCUT2D eigenvalue weighted by Crippen LogP contribution is 2.16. The van der Waals surface area contributed by atoms with Gasteiger partial charge in [-0.1, -0.05) is 11.6 Å². The summed E-state index contributed by atoms with van der Waals surface area (Å²) >= 11 is 11.4. The van der Waals surface area contributed by atoms with Gasteiger partial charge in [-0.25, -0.2) is 0 Å². The van der Waals surface area contributed by atoms with Crippen LogP contribution < -0.4 is 0 Å². The lowest BCUT2D eigenvalue weighted by atomic mass is 10.5. The Morgan fingerprint density at radius 3 is 2.82 bits per heavy atom. The lowest BCUT2D eigenvalue weighted by Crippen LogP contribution is -1.92. The molecule has 0 aliphatic carbocycles. The second kappa shape index (κ2) is 2.36. The molecule has 3 nitrogen and oxygen atoms in total. The summed E-state index contributed by atoms with van der Waals surface area (Å²) in [4.78, 5) is 0. The van der Waals surface area contributed by atoms with Crippen LogP contribution in [0.15, 0.2) is 18.3 Å². The molecule has 0 atom stereocenters. The molecule has 5 heteroatoms. The first kappa shape index (κ1) is 6.88. The first-order valence-electron chi connectivity index (χ1n) is 2.94. The van der Waals surface area contributed by atoms with Crippen LogP contribution in [0.5, 0.6) is 0 Å². The molecule has 0 amide bonds. The second-order valence-electron chi connectivity index (χ2n) is 2.02. The first-order valence-corrected chi connectivity index (χ1v) is 3.69. The summed E-state index contributed by atoms with van der Waals surface area (Å²) in [6.45, 7) is 0. The van der Waals surface area contributed by atoms with Gasteiger partial charge in [-0.15, -0.1) is 10.2 Å². The maximum Gasteiger partial charge on any atom is 0.228 e. The molecule has 0 N–H and O–H groups in total. The van der Waals surface area contributed by atoms with E-state index in [2.05, 4.69) is 10.2 Å². The van der Waals surface area contributed by atoms with E-state index in [0.717, 1.165) is 5.52 Å². The van der Waals surface area contributed by atoms with Crippen LogP contribution in [0.25, 0.3) is 5.52 Å². The van der Waals surface area contributed by atoms with Gasteiger partial charge in [0.05, 0.1) is 5.52 Å². The van der Waals surface area contributed by atoms with E-state index in [1.165, 1.54) is 0 Å². The summed E-state index contributed by atoms with van der Waals surface area (Å²) in [7, 11) is 0. The SMILES string of the molecule is Clc1nnc(Cl)n2cccc12. The summed E-state index contributed by atoms with van der Waals surface area (Å²) < 4.78 is 1.66. The van der Waals surface area contributed by atoms with Crippen LogP contribution in [0.2, 0.25) is 10.4 Å². The molecule has 0 aliphatic rings. The van der Waals surface area contributed by atoms with Gasteiger partial charge in [0.15, 0.2) is 5.15 Å². The second-order valence-corrected chi connectivity index (χ2v) is 2.72. The number of hydrogen-bond acceptors (Lipinski definition) is 2. The van der Waals surface area contributed by atoms with Crippen LogP contribution in [-0.4, -0.2) is 14.6 Å². The van der Waals surface area contributed by atoms with E-state index in [4.69, 9.17) is 23.2 Å². The molecule has 2 heterocycles. The Kier molecular flexibility index (Phi) is 1.47. The zero-order chi connectivity index (χ0) is 7.84. The van der Waals surface area contributed by atoms with Crippen LogP contribution in [0.1, 0.15) is 0 Å². The normalized spacial score (nSPS) is 10.7. The Morgan fingerprint density at radius 2 is 2.09 bits per heavy atom. The van der Waals surface area contributed by atoms with Crippen molar-refractivity contribution in [2.45, 2.75) is 0 Å². The third kappa shape index (κ3) is 0.968. The summed E-state index contributed by atoms with van der Waals surface area (Å²) in [5.41, 5.74) is 0.770. The van der Waals surface area contributed by atoms with Crippen molar-refractivity contribution in [2.75, 3.05) is 0 Å². The van der Waals surface area contributed by atoms with E-state index >= 15 is 0 Å². The van der Waals surface area contributed by atoms with Crippen molar-refractivity contribution in [1.29, 1.82) is 0 Å². The van der Waals surface area contributed by atoms with E-state index in [-0.39, 0.29) is 0 Å². The van der Waals surface area contributed by atoms with Crippen molar-refractivity contribution in [1.82, 2.24) is 14.6 Å². The summed E-state index contributed by atoms with van der Waals surface area (Å²) in [5, 5.41) is 7.94. The van der Waals surface area contributed by atoms with Crippen LogP contribution in [0.4, 0.5) is 0 Å². The number of hydrogen-bond donors (Lipinski definition) is 0. The molecule has 2 aromatic heterocycles. The molecular formula is C6H3Cl2N3. The third-order valence-corrected chi connectivity index (χ3v) is 1.91. The molecule has 56 valence electrons. The highest BCUT2D eigenvalue weighted by atomic mass is 35.5. The standard InChI is InChI=1S/C6H3Cl2N3/c7-5-4-2-1-3-11(4)6(8)10-9-5/h1-3H. The zero-order valence-corrected chi connectivity index (χ0v) is 6.84. The number of rotatable bonds is 0. The highest BCUT2D eigenvalue weighted by molar-refractivity contribution is 6.33. The number of nitrogens with zero attached hydrogens (tertiary/aromatic N) is 3. The number of aromatic nitrogens is 3. The van der Waals surface area contributed by atoms with E-state index in [0.29, 0.717) is 10.4 Å². The van der Waals surface area contributed by atoms with Crippen molar-refractivity contribution >= 4 is 28.7 Å². The van der Waals surface area contributed by atoms with E-state index in [9.17, 15) is 0 Å². The van der Waals surface area contributed by atoms with Gasteiger partial charge in [-0.05, 0) is 23.7 Å². The Morgan fingerprint density at radius 1 is 1.27 bits per heavy atom. The molecule has 0 radical (unpaired) electrons. The number of halogens is 2. The Balaban J connectivity index is 2.96. The fourth-order valence-corrected chi connectivity index (χ4v) is 1.27. The van der Waals surface area contributed by atoms with Gasteiger partial charge < -0.3 is 0 Å². The molecule has 0 saturated heterocycles. The van der Waals surface area contributed by atoms with Gasteiger partial charge in [-0.3, -0.25) is 4.40 Å². The zero-order valence-electron chi connectivity index (χ0n) is 5.33. The van der Waals surface area contributed by atoms with Crippen molar-refractivity contribution in [3.05, 3.63) is 28.8 Å². The minimum Gasteiger partial charge on any atom is -0.288 e. The smallest absolute Gasteiger partial charge is 0.228 e. The van der Waals surface area contributed by atoms with Crippen molar-refractivity contribution in [3.63, 3.8) is 0 Å². The van der Waals surface area contributed by atoms with Gasteiger partial charge in [0.25, 0.3) is 0 Å². The third-order valence-electron chi connectivity index (χ3n) is 1.38. The molecule has 0 fully saturated rings. The molecule has 2 aromatic rings. The first-order chi connectivity index (χ1) is 5.29. The maximum atomic E-state index is 5.72. The van der Waals surface area contributed by atoms with Crippen LogP contribution in [0.3, 0.4) is 0 Å². The molecule has 2 rings (SSSR count). The monoisotopic (exact) mass is 187 g/mol. The topological polar surface area (TPSA) is 30.2 Å². The van der Waals surface area contributed by atoms with Gasteiger partial charge in [-0.2, -0.15) is 0 Å². The molecule has 0 bridgehead atoms. The molecule has 0 spiro atoms. The van der Waals surface area contributed by atoms with E-state index < -0.39 is 0 Å². The largest absolute Gasteiger partial charge is 0.288 e. The molecular weight excluding hydrogens is 185 g/mol. The Hall–Kier alpha value is -0.800. The molecule has 0 aliphatic heterocycles. The van der Waals surface area contributed by atoms with Crippen LogP contribution >= 0.6 is 23.2 Å². The predicted octanol–water partition coefficient (Wildman–Crippen LogP) is 2.04. The Labute approximate surface area is 72.6 Å². The lowest BCUT2D eigenvalue weighted by Gasteiger charge is -1.96. The maximum absolute atomic E-state index is 5.72. The van der Waals surface area contributed by atoms with Crippen molar-refractivity contribution in [2.24, 2.45) is 0 Å². The molecule has 0 saturated carbocycles. The number of fused-ring (bicyclic) bond motifs is 1. The average Bonchev–Trinajstić information content (AvgIpc) is 2.45. The summed E-state index contributed by atoms with van der Waals surface area (Å²) in [6.07, 6.45) is 1.78. The fraction of sp³-hybridized carbons (Fsp3) is 0. The average molecular weight is 188 g/mol. The molecule has 0 unspecified atom stereocenters. The predicted molar refractivity (Wildman–Crippen MR) is 43.0 cm³/mol. The van der Waals surface area contributed by atoms with Gasteiger partial charge in [0, 0.05) is 6.20 Å². The molecule has 11 heavy (non-hydrogen) atoms. The van der Waals surface area contributed by atoms with Crippen LogP contribution in [-0.2, 0) is 0 Å². The highest BCUT2D eigenvalue weighted by Gasteiger charge is 2.02.